The lowest BCUT2D eigenvalue weighted by Crippen LogP contribution is -2.21. The predicted molar refractivity (Wildman–Crippen MR) is 94.0 cm³/mol. The summed E-state index contributed by atoms with van der Waals surface area (Å²) in [7, 11) is 0. The van der Waals surface area contributed by atoms with E-state index in [4.69, 9.17) is 4.42 Å². The Hall–Kier alpha value is -3.29. The quantitative estimate of drug-likeness (QED) is 0.559. The Bertz CT molecular complexity index is 1020. The molecule has 0 atom stereocenters. The number of oxazole rings is 1. The Morgan fingerprint density at radius 1 is 1.04 bits per heavy atom. The minimum absolute atomic E-state index is 0.297. The van der Waals surface area contributed by atoms with Crippen LogP contribution in [-0.2, 0) is 6.54 Å². The largest absolute Gasteiger partial charge is 0.573 e. The second-order valence-corrected chi connectivity index (χ2v) is 6.23. The Balaban J connectivity index is 1.70. The lowest BCUT2D eigenvalue weighted by Gasteiger charge is -2.26. The van der Waals surface area contributed by atoms with Crippen molar-refractivity contribution in [2.45, 2.75) is 19.8 Å². The fourth-order valence-electron chi connectivity index (χ4n) is 3.05. The number of aromatic nitrogens is 1. The van der Waals surface area contributed by atoms with Crippen LogP contribution in [0.5, 0.6) is 5.75 Å². The molecule has 0 fully saturated rings. The van der Waals surface area contributed by atoms with E-state index < -0.39 is 6.36 Å². The number of ether oxygens (including phenoxy) is 1. The molecule has 1 aliphatic heterocycles. The fraction of sp³-hybridized carbons (Fsp3) is 0.150. The number of alkyl halides is 3. The van der Waals surface area contributed by atoms with Gasteiger partial charge >= 0.3 is 6.36 Å². The van der Waals surface area contributed by atoms with Gasteiger partial charge in [0.1, 0.15) is 17.3 Å². The van der Waals surface area contributed by atoms with Gasteiger partial charge in [0.05, 0.1) is 6.54 Å². The van der Waals surface area contributed by atoms with Gasteiger partial charge in [-0.25, -0.2) is 9.37 Å². The van der Waals surface area contributed by atoms with Gasteiger partial charge in [-0.3, -0.25) is 0 Å². The molecule has 144 valence electrons. The first-order valence-electron chi connectivity index (χ1n) is 8.35. The molecule has 0 saturated carbocycles. The second kappa shape index (κ2) is 6.70. The molecule has 0 bridgehead atoms. The third-order valence-electron chi connectivity index (χ3n) is 4.21. The van der Waals surface area contributed by atoms with E-state index in [2.05, 4.69) is 9.72 Å². The average molecular weight is 390 g/mol. The van der Waals surface area contributed by atoms with Crippen molar-refractivity contribution in [1.29, 1.82) is 0 Å². The molecular weight excluding hydrogens is 376 g/mol. The number of hydrogen-bond acceptors (Lipinski definition) is 4. The summed E-state index contributed by atoms with van der Waals surface area (Å²) in [5.74, 6) is 0.436. The number of rotatable bonds is 3. The van der Waals surface area contributed by atoms with Gasteiger partial charge in [-0.1, -0.05) is 12.1 Å². The van der Waals surface area contributed by atoms with Crippen molar-refractivity contribution in [3.8, 4) is 5.75 Å². The molecule has 2 aromatic carbocycles. The number of benzene rings is 2. The van der Waals surface area contributed by atoms with Crippen LogP contribution in [0.25, 0.3) is 5.57 Å². The number of nitrogens with zero attached hydrogens (tertiary/aromatic N) is 2. The first-order valence-corrected chi connectivity index (χ1v) is 8.35. The van der Waals surface area contributed by atoms with Crippen molar-refractivity contribution < 1.29 is 26.7 Å². The third-order valence-corrected chi connectivity index (χ3v) is 4.21. The zero-order valence-electron chi connectivity index (χ0n) is 14.6. The smallest absolute Gasteiger partial charge is 0.441 e. The number of halogens is 4. The van der Waals surface area contributed by atoms with E-state index in [1.807, 2.05) is 4.90 Å². The molecule has 3 aromatic rings. The van der Waals surface area contributed by atoms with Gasteiger partial charge in [-0.05, 0) is 42.0 Å². The van der Waals surface area contributed by atoms with E-state index in [-0.39, 0.29) is 11.6 Å². The van der Waals surface area contributed by atoms with Gasteiger partial charge in [0.2, 0.25) is 0 Å². The maximum absolute atomic E-state index is 13.3. The maximum Gasteiger partial charge on any atom is 0.573 e. The first-order chi connectivity index (χ1) is 13.3. The number of fused-ring (bicyclic) bond motifs is 1. The van der Waals surface area contributed by atoms with Crippen molar-refractivity contribution in [1.82, 2.24) is 4.98 Å². The normalized spacial score (nSPS) is 13.9. The molecule has 0 N–H and O–H groups in total. The summed E-state index contributed by atoms with van der Waals surface area (Å²) in [6.45, 7) is 2.12. The van der Waals surface area contributed by atoms with Gasteiger partial charge in [0.25, 0.3) is 0 Å². The highest BCUT2D eigenvalue weighted by molar-refractivity contribution is 5.82. The molecule has 0 unspecified atom stereocenters. The van der Waals surface area contributed by atoms with Crippen LogP contribution in [0, 0.1) is 12.7 Å². The summed E-state index contributed by atoms with van der Waals surface area (Å²) in [6, 6.07) is 11.5. The molecule has 0 spiro atoms. The molecule has 8 heteroatoms. The first kappa shape index (κ1) is 18.1. The monoisotopic (exact) mass is 390 g/mol. The fourth-order valence-corrected chi connectivity index (χ4v) is 3.05. The van der Waals surface area contributed by atoms with Crippen LogP contribution in [-0.4, -0.2) is 11.3 Å². The maximum atomic E-state index is 13.3. The van der Waals surface area contributed by atoms with Gasteiger partial charge in [-0.15, -0.1) is 13.2 Å². The zero-order valence-corrected chi connectivity index (χ0v) is 14.6. The Kier molecular flexibility index (Phi) is 4.33. The molecule has 4 rings (SSSR count). The molecule has 2 heterocycles. The summed E-state index contributed by atoms with van der Waals surface area (Å²) in [4.78, 5) is 6.22. The molecule has 4 nitrogen and oxygen atoms in total. The van der Waals surface area contributed by atoms with Crippen LogP contribution in [0.4, 0.5) is 23.2 Å². The molecule has 1 aromatic heterocycles. The summed E-state index contributed by atoms with van der Waals surface area (Å²) in [5, 5.41) is 0. The van der Waals surface area contributed by atoms with E-state index in [0.717, 1.165) is 5.56 Å². The van der Waals surface area contributed by atoms with Crippen LogP contribution >= 0.6 is 0 Å². The van der Waals surface area contributed by atoms with Crippen molar-refractivity contribution >= 4 is 11.3 Å². The summed E-state index contributed by atoms with van der Waals surface area (Å²) in [6.07, 6.45) is -2.94. The topological polar surface area (TPSA) is 38.5 Å². The molecule has 0 radical (unpaired) electrons. The SMILES string of the molecule is Cc1nc2c(o1)C(c1ccc(F)cc1)=CN(c1ccc(OC(F)(F)F)cc1)C2. The van der Waals surface area contributed by atoms with Gasteiger partial charge in [-0.2, -0.15) is 0 Å². The number of hydrogen-bond donors (Lipinski definition) is 0. The molecule has 0 amide bonds. The molecule has 0 aliphatic carbocycles. The van der Waals surface area contributed by atoms with Crippen LogP contribution in [0.1, 0.15) is 22.9 Å². The van der Waals surface area contributed by atoms with Crippen molar-refractivity contribution in [2.75, 3.05) is 4.90 Å². The lowest BCUT2D eigenvalue weighted by atomic mass is 10.00. The highest BCUT2D eigenvalue weighted by atomic mass is 19.4. The molecule has 0 saturated heterocycles. The highest BCUT2D eigenvalue weighted by Crippen LogP contribution is 2.35. The Labute approximate surface area is 157 Å². The standard InChI is InChI=1S/C20H14F4N2O2/c1-12-25-18-11-26(15-6-8-16(9-7-15)28-20(22,23)24)10-17(19(18)27-12)13-2-4-14(21)5-3-13/h2-10H,11H2,1H3. The van der Waals surface area contributed by atoms with Crippen LogP contribution in [0.2, 0.25) is 0 Å². The van der Waals surface area contributed by atoms with Crippen LogP contribution in [0.3, 0.4) is 0 Å². The third kappa shape index (κ3) is 3.71. The lowest BCUT2D eigenvalue weighted by molar-refractivity contribution is -0.274. The number of aryl methyl sites for hydroxylation is 1. The van der Waals surface area contributed by atoms with E-state index in [1.54, 1.807) is 25.3 Å². The van der Waals surface area contributed by atoms with E-state index in [9.17, 15) is 17.6 Å². The minimum Gasteiger partial charge on any atom is -0.441 e. The van der Waals surface area contributed by atoms with Crippen LogP contribution in [0.15, 0.2) is 59.1 Å². The van der Waals surface area contributed by atoms with E-state index in [1.165, 1.54) is 36.4 Å². The van der Waals surface area contributed by atoms with E-state index in [0.29, 0.717) is 35.2 Å². The molecule has 1 aliphatic rings. The highest BCUT2D eigenvalue weighted by Gasteiger charge is 2.31. The molecular formula is C20H14F4N2O2. The molecule has 28 heavy (non-hydrogen) atoms. The zero-order chi connectivity index (χ0) is 19.9. The minimum atomic E-state index is -4.74. The van der Waals surface area contributed by atoms with Crippen molar-refractivity contribution in [3.63, 3.8) is 0 Å². The Morgan fingerprint density at radius 2 is 1.71 bits per heavy atom. The average Bonchev–Trinajstić information content (AvgIpc) is 3.01. The Morgan fingerprint density at radius 3 is 2.36 bits per heavy atom. The van der Waals surface area contributed by atoms with Crippen molar-refractivity contribution in [3.05, 3.63) is 83.5 Å². The number of anilines is 1. The van der Waals surface area contributed by atoms with Crippen molar-refractivity contribution in [2.24, 2.45) is 0 Å². The van der Waals surface area contributed by atoms with Gasteiger partial charge < -0.3 is 14.1 Å². The second-order valence-electron chi connectivity index (χ2n) is 6.23. The predicted octanol–water partition coefficient (Wildman–Crippen LogP) is 5.43. The van der Waals surface area contributed by atoms with Gasteiger partial charge in [0, 0.05) is 24.4 Å². The summed E-state index contributed by atoms with van der Waals surface area (Å²) in [5.41, 5.74) is 2.79. The van der Waals surface area contributed by atoms with Crippen LogP contribution < -0.4 is 9.64 Å². The van der Waals surface area contributed by atoms with Gasteiger partial charge in [0.15, 0.2) is 11.7 Å². The van der Waals surface area contributed by atoms with E-state index >= 15 is 0 Å². The summed E-state index contributed by atoms with van der Waals surface area (Å²) >= 11 is 0. The summed E-state index contributed by atoms with van der Waals surface area (Å²) < 4.78 is 60.0.